The van der Waals surface area contributed by atoms with E-state index in [4.69, 9.17) is 5.10 Å². The minimum absolute atomic E-state index is 0.223. The first kappa shape index (κ1) is 18.1. The lowest BCUT2D eigenvalue weighted by molar-refractivity contribution is 0.0918. The topological polar surface area (TPSA) is 44.5 Å². The Labute approximate surface area is 150 Å². The molecule has 1 aromatic carbocycles. The molecular weight excluding hydrogens is 312 g/mol. The quantitative estimate of drug-likeness (QED) is 0.839. The van der Waals surface area contributed by atoms with Gasteiger partial charge in [0.05, 0.1) is 17.5 Å². The Balaban J connectivity index is 1.46. The van der Waals surface area contributed by atoms with Crippen LogP contribution in [0, 0.1) is 5.92 Å². The monoisotopic (exact) mass is 342 g/mol. The third-order valence-electron chi connectivity index (χ3n) is 4.90. The van der Waals surface area contributed by atoms with Gasteiger partial charge in [-0.15, -0.1) is 0 Å². The van der Waals surface area contributed by atoms with E-state index in [1.54, 1.807) is 0 Å². The van der Waals surface area contributed by atoms with Crippen molar-refractivity contribution in [3.8, 4) is 5.69 Å². The highest BCUT2D eigenvalue weighted by atomic mass is 16.3. The standard InChI is InChI=1S/C20H30N4O/c1-17(25)14-23-11-8-18(9-12-23)15-22(2)16-19-10-13-24(21-19)20-6-4-3-5-7-20/h3-7,10,13,17-18,25H,8-9,11-12,14-16H2,1-2H3. The number of aliphatic hydroxyl groups is 1. The molecule has 5 nitrogen and oxygen atoms in total. The van der Waals surface area contributed by atoms with E-state index in [-0.39, 0.29) is 6.10 Å². The molecule has 1 aromatic heterocycles. The Bertz CT molecular complexity index is 632. The van der Waals surface area contributed by atoms with E-state index in [0.717, 1.165) is 50.0 Å². The highest BCUT2D eigenvalue weighted by molar-refractivity contribution is 5.30. The predicted octanol–water partition coefficient (Wildman–Crippen LogP) is 2.40. The fourth-order valence-corrected chi connectivity index (χ4v) is 3.68. The van der Waals surface area contributed by atoms with E-state index < -0.39 is 0 Å². The molecule has 1 N–H and O–H groups in total. The zero-order valence-electron chi connectivity index (χ0n) is 15.4. The number of likely N-dealkylation sites (tertiary alicyclic amines) is 1. The fourth-order valence-electron chi connectivity index (χ4n) is 3.68. The summed E-state index contributed by atoms with van der Waals surface area (Å²) in [5.41, 5.74) is 2.21. The number of nitrogens with zero attached hydrogens (tertiary/aromatic N) is 4. The van der Waals surface area contributed by atoms with Crippen LogP contribution in [0.25, 0.3) is 5.69 Å². The van der Waals surface area contributed by atoms with Gasteiger partial charge in [-0.2, -0.15) is 5.10 Å². The van der Waals surface area contributed by atoms with Crippen molar-refractivity contribution in [2.45, 2.75) is 32.4 Å². The Morgan fingerprint density at radius 1 is 1.20 bits per heavy atom. The zero-order chi connectivity index (χ0) is 17.6. The molecule has 25 heavy (non-hydrogen) atoms. The lowest BCUT2D eigenvalue weighted by Gasteiger charge is -2.34. The van der Waals surface area contributed by atoms with Crippen molar-refractivity contribution in [1.29, 1.82) is 0 Å². The summed E-state index contributed by atoms with van der Waals surface area (Å²) in [5, 5.41) is 14.2. The molecule has 2 heterocycles. The normalized spacial score (nSPS) is 17.9. The van der Waals surface area contributed by atoms with Crippen molar-refractivity contribution in [1.82, 2.24) is 19.6 Å². The van der Waals surface area contributed by atoms with Crippen LogP contribution in [0.5, 0.6) is 0 Å². The number of hydrogen-bond donors (Lipinski definition) is 1. The average molecular weight is 342 g/mol. The van der Waals surface area contributed by atoms with E-state index in [1.807, 2.05) is 36.0 Å². The van der Waals surface area contributed by atoms with Crippen LogP contribution in [0.15, 0.2) is 42.6 Å². The largest absolute Gasteiger partial charge is 0.392 e. The van der Waals surface area contributed by atoms with E-state index in [9.17, 15) is 5.11 Å². The Kier molecular flexibility index (Phi) is 6.24. The van der Waals surface area contributed by atoms with E-state index in [0.29, 0.717) is 0 Å². The molecule has 0 amide bonds. The maximum absolute atomic E-state index is 9.51. The second-order valence-corrected chi connectivity index (χ2v) is 7.38. The van der Waals surface area contributed by atoms with E-state index in [2.05, 4.69) is 35.0 Å². The van der Waals surface area contributed by atoms with Crippen molar-refractivity contribution < 1.29 is 5.11 Å². The van der Waals surface area contributed by atoms with Crippen LogP contribution < -0.4 is 0 Å². The van der Waals surface area contributed by atoms with Gasteiger partial charge in [-0.25, -0.2) is 4.68 Å². The highest BCUT2D eigenvalue weighted by Crippen LogP contribution is 2.19. The Hall–Kier alpha value is -1.69. The first-order valence-electron chi connectivity index (χ1n) is 9.29. The lowest BCUT2D eigenvalue weighted by atomic mass is 9.96. The number of hydrogen-bond acceptors (Lipinski definition) is 4. The minimum Gasteiger partial charge on any atom is -0.392 e. The van der Waals surface area contributed by atoms with Crippen molar-refractivity contribution in [3.63, 3.8) is 0 Å². The molecule has 1 aliphatic heterocycles. The smallest absolute Gasteiger partial charge is 0.0769 e. The number of β-amino-alcohol motifs (C(OH)–C–C–N with tert-alkyl or cyclic N) is 1. The molecule has 1 saturated heterocycles. The fraction of sp³-hybridized carbons (Fsp3) is 0.550. The van der Waals surface area contributed by atoms with Crippen molar-refractivity contribution in [2.75, 3.05) is 33.2 Å². The van der Waals surface area contributed by atoms with Gasteiger partial charge in [0.15, 0.2) is 0 Å². The molecule has 0 bridgehead atoms. The van der Waals surface area contributed by atoms with Crippen LogP contribution in [0.2, 0.25) is 0 Å². The van der Waals surface area contributed by atoms with Crippen LogP contribution >= 0.6 is 0 Å². The summed E-state index contributed by atoms with van der Waals surface area (Å²) in [6.07, 6.45) is 4.25. The van der Waals surface area contributed by atoms with Gasteiger partial charge in [-0.05, 0) is 64.0 Å². The van der Waals surface area contributed by atoms with Gasteiger partial charge in [0.1, 0.15) is 0 Å². The third kappa shape index (κ3) is 5.39. The molecule has 0 radical (unpaired) electrons. The van der Waals surface area contributed by atoms with Crippen molar-refractivity contribution in [3.05, 3.63) is 48.3 Å². The number of benzene rings is 1. The Morgan fingerprint density at radius 2 is 1.92 bits per heavy atom. The highest BCUT2D eigenvalue weighted by Gasteiger charge is 2.21. The second kappa shape index (κ2) is 8.61. The second-order valence-electron chi connectivity index (χ2n) is 7.38. The van der Waals surface area contributed by atoms with Gasteiger partial charge in [-0.1, -0.05) is 18.2 Å². The Morgan fingerprint density at radius 3 is 2.60 bits per heavy atom. The summed E-state index contributed by atoms with van der Waals surface area (Å²) in [7, 11) is 2.18. The first-order valence-corrected chi connectivity index (χ1v) is 9.29. The summed E-state index contributed by atoms with van der Waals surface area (Å²) in [6, 6.07) is 12.3. The SMILES string of the molecule is CC(O)CN1CCC(CN(C)Cc2ccn(-c3ccccc3)n2)CC1. The van der Waals surface area contributed by atoms with Gasteiger partial charge >= 0.3 is 0 Å². The molecule has 0 spiro atoms. The van der Waals surface area contributed by atoms with E-state index in [1.165, 1.54) is 12.8 Å². The van der Waals surface area contributed by atoms with Crippen LogP contribution in [0.4, 0.5) is 0 Å². The summed E-state index contributed by atoms with van der Waals surface area (Å²) in [5.74, 6) is 0.742. The van der Waals surface area contributed by atoms with Gasteiger partial charge in [0.2, 0.25) is 0 Å². The van der Waals surface area contributed by atoms with Gasteiger partial charge < -0.3 is 14.9 Å². The molecule has 3 rings (SSSR count). The van der Waals surface area contributed by atoms with Crippen molar-refractivity contribution in [2.24, 2.45) is 5.92 Å². The van der Waals surface area contributed by atoms with Crippen LogP contribution in [0.1, 0.15) is 25.5 Å². The number of para-hydroxylation sites is 1. The summed E-state index contributed by atoms with van der Waals surface area (Å²) >= 11 is 0. The lowest BCUT2D eigenvalue weighted by Crippen LogP contribution is -2.40. The van der Waals surface area contributed by atoms with E-state index >= 15 is 0 Å². The first-order chi connectivity index (χ1) is 12.1. The number of rotatable bonds is 7. The molecule has 1 aliphatic rings. The summed E-state index contributed by atoms with van der Waals surface area (Å²) < 4.78 is 1.94. The molecule has 0 aliphatic carbocycles. The molecule has 2 aromatic rings. The van der Waals surface area contributed by atoms with Crippen LogP contribution in [-0.4, -0.2) is 64.0 Å². The molecule has 1 fully saturated rings. The molecule has 1 atom stereocenters. The van der Waals surface area contributed by atoms with Gasteiger partial charge in [0, 0.05) is 25.8 Å². The zero-order valence-corrected chi connectivity index (χ0v) is 15.4. The summed E-state index contributed by atoms with van der Waals surface area (Å²) in [4.78, 5) is 4.76. The average Bonchev–Trinajstić information content (AvgIpc) is 3.05. The van der Waals surface area contributed by atoms with Gasteiger partial charge in [-0.3, -0.25) is 0 Å². The third-order valence-corrected chi connectivity index (χ3v) is 4.90. The van der Waals surface area contributed by atoms with Crippen LogP contribution in [0.3, 0.4) is 0 Å². The minimum atomic E-state index is -0.223. The molecule has 0 saturated carbocycles. The maximum atomic E-state index is 9.51. The van der Waals surface area contributed by atoms with Crippen LogP contribution in [-0.2, 0) is 6.54 Å². The number of aliphatic hydroxyl groups excluding tert-OH is 1. The molecule has 1 unspecified atom stereocenters. The van der Waals surface area contributed by atoms with Crippen molar-refractivity contribution >= 4 is 0 Å². The summed E-state index contributed by atoms with van der Waals surface area (Å²) in [6.45, 7) is 6.88. The molecule has 5 heteroatoms. The maximum Gasteiger partial charge on any atom is 0.0769 e. The number of piperidine rings is 1. The molecular formula is C20H30N4O. The predicted molar refractivity (Wildman–Crippen MR) is 101 cm³/mol. The number of aromatic nitrogens is 2. The molecule has 136 valence electrons. The van der Waals surface area contributed by atoms with Gasteiger partial charge in [0.25, 0.3) is 0 Å².